The number of hydrogen-bond donors (Lipinski definition) is 0. The molecule has 0 bridgehead atoms. The van der Waals surface area contributed by atoms with Gasteiger partial charge in [0.2, 0.25) is 0 Å². The Labute approximate surface area is 142 Å². The van der Waals surface area contributed by atoms with E-state index in [1.54, 1.807) is 4.90 Å². The van der Waals surface area contributed by atoms with Crippen molar-refractivity contribution in [2.75, 3.05) is 6.54 Å². The minimum Gasteiger partial charge on any atom is -0.444 e. The summed E-state index contributed by atoms with van der Waals surface area (Å²) in [7, 11) is 1.92. The van der Waals surface area contributed by atoms with Crippen LogP contribution in [0.1, 0.15) is 49.7 Å². The lowest BCUT2D eigenvalue weighted by Gasteiger charge is -2.28. The van der Waals surface area contributed by atoms with Crippen molar-refractivity contribution in [2.45, 2.75) is 45.8 Å². The maximum Gasteiger partial charge on any atom is 0.410 e. The molecule has 5 nitrogen and oxygen atoms in total. The molecule has 0 fully saturated rings. The largest absolute Gasteiger partial charge is 0.444 e. The van der Waals surface area contributed by atoms with Gasteiger partial charge in [0.15, 0.2) is 5.78 Å². The average molecular weight is 328 g/mol. The lowest BCUT2D eigenvalue weighted by Crippen LogP contribution is -2.38. The number of aryl methyl sites for hydroxylation is 1. The molecule has 1 aliphatic heterocycles. The van der Waals surface area contributed by atoms with Crippen LogP contribution in [0.4, 0.5) is 4.79 Å². The average Bonchev–Trinajstić information content (AvgIpc) is 2.75. The van der Waals surface area contributed by atoms with E-state index in [1.807, 2.05) is 56.7 Å². The SMILES string of the molecule is Cn1c2c(c3ccccc31)CN(C(=O)OC(C)(C)C)CCCC2=O. The lowest BCUT2D eigenvalue weighted by atomic mass is 10.0. The summed E-state index contributed by atoms with van der Waals surface area (Å²) >= 11 is 0. The number of ether oxygens (including phenoxy) is 1. The second kappa shape index (κ2) is 5.96. The van der Waals surface area contributed by atoms with Crippen molar-refractivity contribution < 1.29 is 14.3 Å². The number of amides is 1. The number of hydrogen-bond acceptors (Lipinski definition) is 3. The fourth-order valence-corrected chi connectivity index (χ4v) is 3.29. The van der Waals surface area contributed by atoms with Crippen molar-refractivity contribution in [3.8, 4) is 0 Å². The number of rotatable bonds is 0. The van der Waals surface area contributed by atoms with Crippen molar-refractivity contribution in [3.63, 3.8) is 0 Å². The number of benzene rings is 1. The minimum atomic E-state index is -0.531. The molecule has 0 aliphatic carbocycles. The first-order valence-corrected chi connectivity index (χ1v) is 8.35. The van der Waals surface area contributed by atoms with E-state index >= 15 is 0 Å². The van der Waals surface area contributed by atoms with Crippen LogP contribution in [0.5, 0.6) is 0 Å². The zero-order chi connectivity index (χ0) is 17.5. The highest BCUT2D eigenvalue weighted by Gasteiger charge is 2.29. The van der Waals surface area contributed by atoms with Gasteiger partial charge in [-0.05, 0) is 33.3 Å². The van der Waals surface area contributed by atoms with E-state index in [2.05, 4.69) is 0 Å². The van der Waals surface area contributed by atoms with Crippen molar-refractivity contribution in [1.82, 2.24) is 9.47 Å². The number of fused-ring (bicyclic) bond motifs is 3. The first kappa shape index (κ1) is 16.6. The first-order valence-electron chi connectivity index (χ1n) is 8.35. The molecule has 0 saturated heterocycles. The molecule has 3 rings (SSSR count). The fourth-order valence-electron chi connectivity index (χ4n) is 3.29. The quantitative estimate of drug-likeness (QED) is 0.737. The summed E-state index contributed by atoms with van der Waals surface area (Å²) in [6.45, 7) is 6.52. The van der Waals surface area contributed by atoms with Crippen LogP contribution < -0.4 is 0 Å². The zero-order valence-corrected chi connectivity index (χ0v) is 14.8. The number of carbonyl (C=O) groups is 2. The third kappa shape index (κ3) is 3.03. The van der Waals surface area contributed by atoms with E-state index in [0.717, 1.165) is 16.5 Å². The number of nitrogens with zero attached hydrogens (tertiary/aromatic N) is 2. The number of para-hydroxylation sites is 1. The summed E-state index contributed by atoms with van der Waals surface area (Å²) in [5.41, 5.74) is 2.12. The van der Waals surface area contributed by atoms with Gasteiger partial charge in [0.1, 0.15) is 5.60 Å². The summed E-state index contributed by atoms with van der Waals surface area (Å²) in [5, 5.41) is 1.03. The van der Waals surface area contributed by atoms with Gasteiger partial charge in [-0.25, -0.2) is 4.79 Å². The summed E-state index contributed by atoms with van der Waals surface area (Å²) < 4.78 is 7.48. The molecule has 0 atom stereocenters. The van der Waals surface area contributed by atoms with Crippen LogP contribution in [0.15, 0.2) is 24.3 Å². The van der Waals surface area contributed by atoms with Crippen molar-refractivity contribution in [1.29, 1.82) is 0 Å². The molecule has 0 N–H and O–H groups in total. The predicted molar refractivity (Wildman–Crippen MR) is 93.1 cm³/mol. The van der Waals surface area contributed by atoms with Crippen LogP contribution in [-0.2, 0) is 18.3 Å². The molecule has 1 aliphatic rings. The van der Waals surface area contributed by atoms with Gasteiger partial charge in [0.05, 0.1) is 12.2 Å². The number of ketones is 1. The van der Waals surface area contributed by atoms with E-state index in [4.69, 9.17) is 4.74 Å². The highest BCUT2D eigenvalue weighted by Crippen LogP contribution is 2.30. The summed E-state index contributed by atoms with van der Waals surface area (Å²) in [4.78, 5) is 26.8. The van der Waals surface area contributed by atoms with Crippen LogP contribution in [0.25, 0.3) is 10.9 Å². The Balaban J connectivity index is 2.04. The Morgan fingerprint density at radius 2 is 1.92 bits per heavy atom. The van der Waals surface area contributed by atoms with E-state index in [-0.39, 0.29) is 11.9 Å². The zero-order valence-electron chi connectivity index (χ0n) is 14.8. The number of aromatic nitrogens is 1. The van der Waals surface area contributed by atoms with E-state index in [9.17, 15) is 9.59 Å². The third-order valence-corrected chi connectivity index (χ3v) is 4.31. The standard InChI is InChI=1S/C19H24N2O3/c1-19(2,3)24-18(23)21-11-7-10-16(22)17-14(12-21)13-8-5-6-9-15(13)20(17)4/h5-6,8-9H,7,10-12H2,1-4H3. The molecule has 2 heterocycles. The molecule has 0 unspecified atom stereocenters. The Morgan fingerprint density at radius 1 is 1.21 bits per heavy atom. The summed E-state index contributed by atoms with van der Waals surface area (Å²) in [6, 6.07) is 7.94. The van der Waals surface area contributed by atoms with Crippen molar-refractivity contribution >= 4 is 22.8 Å². The van der Waals surface area contributed by atoms with Crippen LogP contribution in [0.3, 0.4) is 0 Å². The van der Waals surface area contributed by atoms with Gasteiger partial charge in [0.25, 0.3) is 0 Å². The first-order chi connectivity index (χ1) is 11.3. The van der Waals surface area contributed by atoms with Crippen molar-refractivity contribution in [2.24, 2.45) is 7.05 Å². The summed E-state index contributed by atoms with van der Waals surface area (Å²) in [5.74, 6) is 0.146. The Hall–Kier alpha value is -2.30. The van der Waals surface area contributed by atoms with E-state index in [0.29, 0.717) is 31.6 Å². The maximum atomic E-state index is 12.6. The van der Waals surface area contributed by atoms with E-state index < -0.39 is 5.60 Å². The topological polar surface area (TPSA) is 51.5 Å². The highest BCUT2D eigenvalue weighted by atomic mass is 16.6. The van der Waals surface area contributed by atoms with Gasteiger partial charge in [-0.1, -0.05) is 18.2 Å². The lowest BCUT2D eigenvalue weighted by molar-refractivity contribution is 0.0226. The van der Waals surface area contributed by atoms with Gasteiger partial charge >= 0.3 is 6.09 Å². The van der Waals surface area contributed by atoms with Crippen LogP contribution in [0, 0.1) is 0 Å². The molecule has 5 heteroatoms. The van der Waals surface area contributed by atoms with Crippen molar-refractivity contribution in [3.05, 3.63) is 35.5 Å². The van der Waals surface area contributed by atoms with E-state index in [1.165, 1.54) is 0 Å². The Bertz CT molecular complexity index is 799. The minimum absolute atomic E-state index is 0.146. The fraction of sp³-hybridized carbons (Fsp3) is 0.474. The highest BCUT2D eigenvalue weighted by molar-refractivity contribution is 6.03. The third-order valence-electron chi connectivity index (χ3n) is 4.31. The molecular formula is C19H24N2O3. The Kier molecular flexibility index (Phi) is 4.11. The van der Waals surface area contributed by atoms with Gasteiger partial charge in [0, 0.05) is 36.5 Å². The second-order valence-corrected chi connectivity index (χ2v) is 7.33. The molecule has 0 radical (unpaired) electrons. The molecular weight excluding hydrogens is 304 g/mol. The van der Waals surface area contributed by atoms with Gasteiger partial charge < -0.3 is 14.2 Å². The second-order valence-electron chi connectivity index (χ2n) is 7.33. The van der Waals surface area contributed by atoms with Gasteiger partial charge in [-0.15, -0.1) is 0 Å². The van der Waals surface area contributed by atoms with Crippen LogP contribution in [0.2, 0.25) is 0 Å². The van der Waals surface area contributed by atoms with Gasteiger partial charge in [-0.2, -0.15) is 0 Å². The number of carbonyl (C=O) groups excluding carboxylic acids is 2. The van der Waals surface area contributed by atoms with Gasteiger partial charge in [-0.3, -0.25) is 4.79 Å². The molecule has 128 valence electrons. The Morgan fingerprint density at radius 3 is 2.62 bits per heavy atom. The maximum absolute atomic E-state index is 12.6. The van der Waals surface area contributed by atoms with Crippen LogP contribution >= 0.6 is 0 Å². The predicted octanol–water partition coefficient (Wildman–Crippen LogP) is 3.89. The smallest absolute Gasteiger partial charge is 0.410 e. The molecule has 24 heavy (non-hydrogen) atoms. The molecule has 1 amide bonds. The molecule has 1 aromatic carbocycles. The molecule has 1 aromatic heterocycles. The molecule has 2 aromatic rings. The monoisotopic (exact) mass is 328 g/mol. The normalized spacial score (nSPS) is 15.8. The molecule has 0 saturated carbocycles. The van der Waals surface area contributed by atoms with Crippen LogP contribution in [-0.4, -0.2) is 33.5 Å². The number of Topliss-reactive ketones (excluding diaryl/α,β-unsaturated/α-hetero) is 1. The summed E-state index contributed by atoms with van der Waals surface area (Å²) in [6.07, 6.45) is 0.769. The molecule has 0 spiro atoms.